The Morgan fingerprint density at radius 1 is 1.14 bits per heavy atom. The predicted molar refractivity (Wildman–Crippen MR) is 82.3 cm³/mol. The summed E-state index contributed by atoms with van der Waals surface area (Å²) in [5, 5.41) is 0. The number of rotatable bonds is 9. The fourth-order valence-corrected chi connectivity index (χ4v) is 2.21. The molecule has 1 unspecified atom stereocenters. The van der Waals surface area contributed by atoms with Crippen LogP contribution in [0.5, 0.6) is 0 Å². The maximum atomic E-state index is 12.0. The van der Waals surface area contributed by atoms with Crippen LogP contribution in [0.2, 0.25) is 0 Å². The Hall–Kier alpha value is -1.39. The number of benzene rings is 1. The van der Waals surface area contributed by atoms with E-state index < -0.39 is 0 Å². The Balaban J connectivity index is 2.51. The van der Waals surface area contributed by atoms with Crippen molar-refractivity contribution in [2.75, 3.05) is 20.3 Å². The Morgan fingerprint density at radius 2 is 1.76 bits per heavy atom. The molecular formula is C17H26O4. The van der Waals surface area contributed by atoms with E-state index >= 15 is 0 Å². The number of esters is 1. The molecule has 0 fully saturated rings. The van der Waals surface area contributed by atoms with E-state index in [1.807, 2.05) is 6.07 Å². The van der Waals surface area contributed by atoms with Crippen LogP contribution in [0.25, 0.3) is 0 Å². The molecule has 0 spiro atoms. The van der Waals surface area contributed by atoms with Crippen LogP contribution in [0.1, 0.15) is 37.5 Å². The quantitative estimate of drug-likeness (QED) is 0.399. The first kappa shape index (κ1) is 17.7. The summed E-state index contributed by atoms with van der Waals surface area (Å²) in [6.45, 7) is 6.60. The molecular weight excluding hydrogens is 268 g/mol. The van der Waals surface area contributed by atoms with Crippen LogP contribution in [-0.2, 0) is 38.3 Å². The highest BCUT2D eigenvalue weighted by molar-refractivity contribution is 5.73. The van der Waals surface area contributed by atoms with Gasteiger partial charge in [0.05, 0.1) is 13.0 Å². The van der Waals surface area contributed by atoms with Crippen LogP contribution in [0.3, 0.4) is 0 Å². The highest BCUT2D eigenvalue weighted by Crippen LogP contribution is 2.17. The molecule has 0 bridgehead atoms. The van der Waals surface area contributed by atoms with Crippen molar-refractivity contribution in [2.24, 2.45) is 0 Å². The molecule has 0 aliphatic rings. The molecule has 0 saturated heterocycles. The van der Waals surface area contributed by atoms with Crippen LogP contribution in [0.4, 0.5) is 0 Å². The second-order valence-corrected chi connectivity index (χ2v) is 4.83. The molecule has 21 heavy (non-hydrogen) atoms. The van der Waals surface area contributed by atoms with Crippen molar-refractivity contribution in [1.29, 1.82) is 0 Å². The van der Waals surface area contributed by atoms with Crippen LogP contribution < -0.4 is 0 Å². The number of methoxy groups -OCH3 is 1. The van der Waals surface area contributed by atoms with Crippen molar-refractivity contribution >= 4 is 5.97 Å². The Kier molecular flexibility index (Phi) is 8.01. The first-order chi connectivity index (χ1) is 10.1. The van der Waals surface area contributed by atoms with E-state index in [1.54, 1.807) is 14.0 Å². The van der Waals surface area contributed by atoms with Crippen LogP contribution >= 0.6 is 0 Å². The van der Waals surface area contributed by atoms with Crippen molar-refractivity contribution < 1.29 is 19.0 Å². The van der Waals surface area contributed by atoms with Crippen LogP contribution in [0, 0.1) is 0 Å². The van der Waals surface area contributed by atoms with Gasteiger partial charge in [-0.05, 0) is 36.5 Å². The lowest BCUT2D eigenvalue weighted by atomic mass is 9.95. The fraction of sp³-hybridized carbons (Fsp3) is 0.588. The van der Waals surface area contributed by atoms with E-state index in [-0.39, 0.29) is 18.9 Å². The summed E-state index contributed by atoms with van der Waals surface area (Å²) < 4.78 is 15.5. The monoisotopic (exact) mass is 294 g/mol. The molecule has 0 aliphatic carbocycles. The number of ether oxygens (including phenoxy) is 3. The number of carbonyl (C=O) groups excluding carboxylic acids is 1. The third kappa shape index (κ3) is 5.86. The average Bonchev–Trinajstić information content (AvgIpc) is 2.51. The van der Waals surface area contributed by atoms with E-state index in [4.69, 9.17) is 14.2 Å². The third-order valence-corrected chi connectivity index (χ3v) is 3.48. The van der Waals surface area contributed by atoms with Crippen molar-refractivity contribution in [1.82, 2.24) is 0 Å². The molecule has 4 nitrogen and oxygen atoms in total. The Bertz CT molecular complexity index is 420. The molecule has 0 N–H and O–H groups in total. The summed E-state index contributed by atoms with van der Waals surface area (Å²) in [4.78, 5) is 12.0. The van der Waals surface area contributed by atoms with E-state index in [1.165, 1.54) is 11.1 Å². The summed E-state index contributed by atoms with van der Waals surface area (Å²) in [6, 6.07) is 6.20. The molecule has 0 heterocycles. The largest absolute Gasteiger partial charge is 0.463 e. The van der Waals surface area contributed by atoms with Crippen LogP contribution in [-0.4, -0.2) is 32.6 Å². The van der Waals surface area contributed by atoms with Gasteiger partial charge in [0.2, 0.25) is 0 Å². The predicted octanol–water partition coefficient (Wildman–Crippen LogP) is 2.91. The summed E-state index contributed by atoms with van der Waals surface area (Å²) in [6.07, 6.45) is 1.89. The maximum Gasteiger partial charge on any atom is 0.310 e. The zero-order valence-corrected chi connectivity index (χ0v) is 13.5. The SMILES string of the molecule is CCc1cccc(CC)c1CC(=O)OCCOC(C)OC. The lowest BCUT2D eigenvalue weighted by molar-refractivity contribution is -0.151. The summed E-state index contributed by atoms with van der Waals surface area (Å²) in [5.74, 6) is -0.209. The van der Waals surface area contributed by atoms with E-state index in [9.17, 15) is 4.79 Å². The Morgan fingerprint density at radius 3 is 2.29 bits per heavy atom. The van der Waals surface area contributed by atoms with Crippen molar-refractivity contribution in [2.45, 2.75) is 46.3 Å². The van der Waals surface area contributed by atoms with Crippen molar-refractivity contribution in [3.8, 4) is 0 Å². The molecule has 0 radical (unpaired) electrons. The minimum Gasteiger partial charge on any atom is -0.463 e. The van der Waals surface area contributed by atoms with Gasteiger partial charge in [-0.1, -0.05) is 32.0 Å². The molecule has 4 heteroatoms. The molecule has 0 aromatic heterocycles. The summed E-state index contributed by atoms with van der Waals surface area (Å²) >= 11 is 0. The summed E-state index contributed by atoms with van der Waals surface area (Å²) in [7, 11) is 1.57. The van der Waals surface area contributed by atoms with Gasteiger partial charge < -0.3 is 14.2 Å². The van der Waals surface area contributed by atoms with E-state index in [0.29, 0.717) is 13.0 Å². The number of hydrogen-bond acceptors (Lipinski definition) is 4. The maximum absolute atomic E-state index is 12.0. The highest BCUT2D eigenvalue weighted by atomic mass is 16.7. The number of carbonyl (C=O) groups is 1. The lowest BCUT2D eigenvalue weighted by Crippen LogP contribution is -2.18. The molecule has 118 valence electrons. The number of hydrogen-bond donors (Lipinski definition) is 0. The van der Waals surface area contributed by atoms with Gasteiger partial charge >= 0.3 is 5.97 Å². The summed E-state index contributed by atoms with van der Waals surface area (Å²) in [5.41, 5.74) is 3.55. The molecule has 0 aliphatic heterocycles. The first-order valence-electron chi connectivity index (χ1n) is 7.52. The van der Waals surface area contributed by atoms with Gasteiger partial charge in [0.25, 0.3) is 0 Å². The normalized spacial score (nSPS) is 12.2. The molecule has 1 rings (SSSR count). The smallest absolute Gasteiger partial charge is 0.310 e. The highest BCUT2D eigenvalue weighted by Gasteiger charge is 2.12. The van der Waals surface area contributed by atoms with Crippen molar-refractivity contribution in [3.63, 3.8) is 0 Å². The van der Waals surface area contributed by atoms with Gasteiger partial charge in [0, 0.05) is 7.11 Å². The lowest BCUT2D eigenvalue weighted by Gasteiger charge is -2.14. The van der Waals surface area contributed by atoms with Gasteiger partial charge in [-0.3, -0.25) is 4.79 Å². The van der Waals surface area contributed by atoms with Gasteiger partial charge in [0.1, 0.15) is 6.61 Å². The van der Waals surface area contributed by atoms with Gasteiger partial charge in [-0.15, -0.1) is 0 Å². The van der Waals surface area contributed by atoms with E-state index in [0.717, 1.165) is 18.4 Å². The number of aryl methyl sites for hydroxylation is 2. The standard InChI is InChI=1S/C17H26O4/c1-5-14-8-7-9-15(6-2)16(14)12-17(18)21-11-10-20-13(3)19-4/h7-9,13H,5-6,10-12H2,1-4H3. The molecule has 1 aromatic rings. The van der Waals surface area contributed by atoms with Crippen LogP contribution in [0.15, 0.2) is 18.2 Å². The van der Waals surface area contributed by atoms with Gasteiger partial charge in [0.15, 0.2) is 6.29 Å². The zero-order chi connectivity index (χ0) is 15.7. The molecule has 1 aromatic carbocycles. The second-order valence-electron chi connectivity index (χ2n) is 4.83. The minimum atomic E-state index is -0.281. The molecule has 0 saturated carbocycles. The molecule has 0 amide bonds. The van der Waals surface area contributed by atoms with Gasteiger partial charge in [-0.25, -0.2) is 0 Å². The topological polar surface area (TPSA) is 44.8 Å². The second kappa shape index (κ2) is 9.53. The van der Waals surface area contributed by atoms with Crippen molar-refractivity contribution in [3.05, 3.63) is 34.9 Å². The first-order valence-corrected chi connectivity index (χ1v) is 7.52. The van der Waals surface area contributed by atoms with E-state index in [2.05, 4.69) is 26.0 Å². The minimum absolute atomic E-state index is 0.209. The fourth-order valence-electron chi connectivity index (χ4n) is 2.21. The molecule has 1 atom stereocenters. The zero-order valence-electron chi connectivity index (χ0n) is 13.5. The average molecular weight is 294 g/mol. The third-order valence-electron chi connectivity index (χ3n) is 3.48. The van der Waals surface area contributed by atoms with Gasteiger partial charge in [-0.2, -0.15) is 0 Å². The Labute approximate surface area is 127 Å².